The number of halogens is 2. The monoisotopic (exact) mass is 472 g/mol. The quantitative estimate of drug-likeness (QED) is 0.393. The van der Waals surface area contributed by atoms with Crippen LogP contribution in [0.1, 0.15) is 5.56 Å². The van der Waals surface area contributed by atoms with Crippen molar-refractivity contribution in [2.75, 3.05) is 17.3 Å². The molecule has 0 spiro atoms. The second-order valence-corrected chi connectivity index (χ2v) is 8.10. The standard InChI is InChI=1S/C21H18ClFN6O2S/c1-11-3-8-14(9-15(11)23)25-16(30)10-29-18(24)17(21(27-29)32-2)20-26-19(28-31-20)12-4-6-13(22)7-5-12/h3-9H,10,24H2,1-2H3,(H,25,30). The number of hydrogen-bond acceptors (Lipinski definition) is 7. The molecule has 0 aliphatic carbocycles. The van der Waals surface area contributed by atoms with Gasteiger partial charge in [0.1, 0.15) is 28.8 Å². The first kappa shape index (κ1) is 21.8. The van der Waals surface area contributed by atoms with E-state index in [1.807, 2.05) is 6.26 Å². The van der Waals surface area contributed by atoms with E-state index >= 15 is 0 Å². The molecule has 32 heavy (non-hydrogen) atoms. The van der Waals surface area contributed by atoms with E-state index in [4.69, 9.17) is 21.9 Å². The van der Waals surface area contributed by atoms with Gasteiger partial charge in [0.05, 0.1) is 0 Å². The molecule has 0 radical (unpaired) electrons. The molecule has 0 saturated carbocycles. The number of benzene rings is 2. The smallest absolute Gasteiger partial charge is 0.264 e. The third-order valence-corrected chi connectivity index (χ3v) is 5.57. The molecule has 8 nitrogen and oxygen atoms in total. The highest BCUT2D eigenvalue weighted by Gasteiger charge is 2.24. The molecule has 11 heteroatoms. The normalized spacial score (nSPS) is 11.0. The number of nitrogens with zero attached hydrogens (tertiary/aromatic N) is 4. The van der Waals surface area contributed by atoms with Gasteiger partial charge in [0.25, 0.3) is 5.89 Å². The number of nitrogens with one attached hydrogen (secondary N) is 1. The van der Waals surface area contributed by atoms with Gasteiger partial charge in [-0.2, -0.15) is 10.1 Å². The second kappa shape index (κ2) is 9.01. The number of carbonyl (C=O) groups is 1. The van der Waals surface area contributed by atoms with Gasteiger partial charge in [-0.15, -0.1) is 11.8 Å². The van der Waals surface area contributed by atoms with Crippen LogP contribution in [0, 0.1) is 12.7 Å². The molecule has 164 valence electrons. The summed E-state index contributed by atoms with van der Waals surface area (Å²) in [5, 5.41) is 12.2. The van der Waals surface area contributed by atoms with Crippen molar-refractivity contribution in [2.45, 2.75) is 18.5 Å². The maximum absolute atomic E-state index is 13.7. The van der Waals surface area contributed by atoms with Crippen molar-refractivity contribution >= 4 is 40.8 Å². The van der Waals surface area contributed by atoms with Crippen molar-refractivity contribution in [1.29, 1.82) is 0 Å². The third kappa shape index (κ3) is 4.46. The fourth-order valence-electron chi connectivity index (χ4n) is 2.96. The molecule has 2 aromatic heterocycles. The minimum Gasteiger partial charge on any atom is -0.383 e. The van der Waals surface area contributed by atoms with Crippen LogP contribution in [0.4, 0.5) is 15.9 Å². The topological polar surface area (TPSA) is 112 Å². The summed E-state index contributed by atoms with van der Waals surface area (Å²) in [6.07, 6.45) is 1.82. The summed E-state index contributed by atoms with van der Waals surface area (Å²) in [6, 6.07) is 11.5. The number of thioether (sulfide) groups is 1. The van der Waals surface area contributed by atoms with E-state index in [0.29, 0.717) is 32.7 Å². The highest BCUT2D eigenvalue weighted by molar-refractivity contribution is 7.98. The molecule has 2 aromatic carbocycles. The van der Waals surface area contributed by atoms with Crippen molar-refractivity contribution in [1.82, 2.24) is 19.9 Å². The minimum atomic E-state index is -0.408. The van der Waals surface area contributed by atoms with Gasteiger partial charge in [0.15, 0.2) is 0 Å². The van der Waals surface area contributed by atoms with Gasteiger partial charge in [-0.3, -0.25) is 4.79 Å². The van der Waals surface area contributed by atoms with Crippen molar-refractivity contribution in [3.8, 4) is 22.8 Å². The van der Waals surface area contributed by atoms with Gasteiger partial charge >= 0.3 is 0 Å². The predicted octanol–water partition coefficient (Wildman–Crippen LogP) is 4.64. The Hall–Kier alpha value is -3.37. The lowest BCUT2D eigenvalue weighted by atomic mass is 10.2. The fourth-order valence-corrected chi connectivity index (χ4v) is 3.67. The van der Waals surface area contributed by atoms with Crippen LogP contribution in [0.3, 0.4) is 0 Å². The van der Waals surface area contributed by atoms with Gasteiger partial charge in [-0.25, -0.2) is 9.07 Å². The van der Waals surface area contributed by atoms with Crippen LogP contribution in [0.5, 0.6) is 0 Å². The van der Waals surface area contributed by atoms with Crippen LogP contribution < -0.4 is 11.1 Å². The summed E-state index contributed by atoms with van der Waals surface area (Å²) in [7, 11) is 0. The number of aryl methyl sites for hydroxylation is 1. The molecule has 0 atom stereocenters. The molecule has 3 N–H and O–H groups in total. The van der Waals surface area contributed by atoms with Crippen LogP contribution in [-0.2, 0) is 11.3 Å². The van der Waals surface area contributed by atoms with Crippen LogP contribution in [-0.4, -0.2) is 32.1 Å². The highest BCUT2D eigenvalue weighted by atomic mass is 35.5. The maximum Gasteiger partial charge on any atom is 0.264 e. The zero-order valence-corrected chi connectivity index (χ0v) is 18.7. The molecular weight excluding hydrogens is 455 g/mol. The Morgan fingerprint density at radius 1 is 1.28 bits per heavy atom. The van der Waals surface area contributed by atoms with Gasteiger partial charge < -0.3 is 15.6 Å². The van der Waals surface area contributed by atoms with Gasteiger partial charge in [0, 0.05) is 16.3 Å². The number of carbonyl (C=O) groups excluding carboxylic acids is 1. The fraction of sp³-hybridized carbons (Fsp3) is 0.143. The maximum atomic E-state index is 13.7. The molecule has 1 amide bonds. The first-order valence-electron chi connectivity index (χ1n) is 9.42. The van der Waals surface area contributed by atoms with Crippen molar-refractivity contribution in [3.05, 3.63) is 58.9 Å². The number of hydrogen-bond donors (Lipinski definition) is 2. The SMILES string of the molecule is CSc1nn(CC(=O)Nc2ccc(C)c(F)c2)c(N)c1-c1nc(-c2ccc(Cl)cc2)no1. The van der Waals surface area contributed by atoms with Crippen LogP contribution >= 0.6 is 23.4 Å². The summed E-state index contributed by atoms with van der Waals surface area (Å²) < 4.78 is 20.5. The summed E-state index contributed by atoms with van der Waals surface area (Å²) in [5.74, 6) is -0.0553. The third-order valence-electron chi connectivity index (χ3n) is 4.64. The number of aromatic nitrogens is 4. The Bertz CT molecular complexity index is 1290. The Morgan fingerprint density at radius 3 is 2.72 bits per heavy atom. The largest absolute Gasteiger partial charge is 0.383 e. The van der Waals surface area contributed by atoms with E-state index in [1.54, 1.807) is 43.3 Å². The summed E-state index contributed by atoms with van der Waals surface area (Å²) in [6.45, 7) is 1.47. The minimum absolute atomic E-state index is 0.174. The average Bonchev–Trinajstić information content (AvgIpc) is 3.36. The molecule has 4 aromatic rings. The van der Waals surface area contributed by atoms with Gasteiger partial charge in [-0.1, -0.05) is 22.8 Å². The second-order valence-electron chi connectivity index (χ2n) is 6.87. The van der Waals surface area contributed by atoms with Crippen molar-refractivity contribution < 1.29 is 13.7 Å². The van der Waals surface area contributed by atoms with E-state index in [0.717, 1.165) is 5.56 Å². The van der Waals surface area contributed by atoms with E-state index in [2.05, 4.69) is 20.6 Å². The summed E-state index contributed by atoms with van der Waals surface area (Å²) >= 11 is 7.25. The van der Waals surface area contributed by atoms with Crippen molar-refractivity contribution in [3.63, 3.8) is 0 Å². The van der Waals surface area contributed by atoms with E-state index in [9.17, 15) is 9.18 Å². The molecule has 0 fully saturated rings. The lowest BCUT2D eigenvalue weighted by Gasteiger charge is -2.07. The van der Waals surface area contributed by atoms with E-state index in [-0.39, 0.29) is 18.3 Å². The molecule has 0 saturated heterocycles. The Balaban J connectivity index is 1.57. The number of rotatable bonds is 6. The van der Waals surface area contributed by atoms with Crippen molar-refractivity contribution in [2.24, 2.45) is 0 Å². The Labute approximate surface area is 191 Å². The molecular formula is C21H18ClFN6O2S. The number of amides is 1. The number of nitrogens with two attached hydrogens (primary N) is 1. The number of nitrogen functional groups attached to an aromatic ring is 1. The summed E-state index contributed by atoms with van der Waals surface area (Å²) in [5.41, 5.74) is 8.28. The van der Waals surface area contributed by atoms with Gasteiger partial charge in [-0.05, 0) is 55.1 Å². The summed E-state index contributed by atoms with van der Waals surface area (Å²) in [4.78, 5) is 16.9. The lowest BCUT2D eigenvalue weighted by Crippen LogP contribution is -2.20. The predicted molar refractivity (Wildman–Crippen MR) is 122 cm³/mol. The average molecular weight is 473 g/mol. The van der Waals surface area contributed by atoms with E-state index in [1.165, 1.54) is 22.5 Å². The molecule has 2 heterocycles. The lowest BCUT2D eigenvalue weighted by molar-refractivity contribution is -0.116. The molecule has 4 rings (SSSR count). The van der Waals surface area contributed by atoms with Crippen LogP contribution in [0.25, 0.3) is 22.8 Å². The van der Waals surface area contributed by atoms with E-state index < -0.39 is 11.7 Å². The van der Waals surface area contributed by atoms with Gasteiger partial charge in [0.2, 0.25) is 11.7 Å². The number of anilines is 2. The first-order chi connectivity index (χ1) is 15.4. The Morgan fingerprint density at radius 2 is 2.03 bits per heavy atom. The first-order valence-corrected chi connectivity index (χ1v) is 11.0. The highest BCUT2D eigenvalue weighted by Crippen LogP contribution is 2.35. The van der Waals surface area contributed by atoms with Crippen LogP contribution in [0.2, 0.25) is 5.02 Å². The molecule has 0 bridgehead atoms. The molecule has 0 aliphatic heterocycles. The van der Waals surface area contributed by atoms with Crippen LogP contribution in [0.15, 0.2) is 52.0 Å². The zero-order chi connectivity index (χ0) is 22.8. The Kier molecular flexibility index (Phi) is 6.15. The molecule has 0 aliphatic rings. The zero-order valence-electron chi connectivity index (χ0n) is 17.1. The molecule has 0 unspecified atom stereocenters.